The smallest absolute Gasteiger partial charge is 0.271 e. The Morgan fingerprint density at radius 3 is 2.83 bits per heavy atom. The van der Waals surface area contributed by atoms with Gasteiger partial charge >= 0.3 is 0 Å². The minimum atomic E-state index is -0.0334. The molecule has 0 saturated carbocycles. The van der Waals surface area contributed by atoms with E-state index in [0.717, 1.165) is 17.8 Å². The van der Waals surface area contributed by atoms with Crippen LogP contribution in [0.1, 0.15) is 25.1 Å². The first-order valence-electron chi connectivity index (χ1n) is 6.32. The van der Waals surface area contributed by atoms with Gasteiger partial charge in [0.05, 0.1) is 18.8 Å². The predicted molar refractivity (Wildman–Crippen MR) is 71.7 cm³/mol. The Hall–Kier alpha value is -1.20. The van der Waals surface area contributed by atoms with Gasteiger partial charge < -0.3 is 10.1 Å². The number of hydrogen-bond acceptors (Lipinski definition) is 4. The van der Waals surface area contributed by atoms with E-state index in [-0.39, 0.29) is 5.56 Å². The van der Waals surface area contributed by atoms with Crippen LogP contribution in [0.4, 0.5) is 0 Å². The average Bonchev–Trinajstić information content (AvgIpc) is 2.30. The number of hydrogen-bond donors (Lipinski definition) is 1. The van der Waals surface area contributed by atoms with E-state index >= 15 is 0 Å². The van der Waals surface area contributed by atoms with Crippen molar-refractivity contribution in [3.05, 3.63) is 27.7 Å². The van der Waals surface area contributed by atoms with Gasteiger partial charge in [0, 0.05) is 19.2 Å². The van der Waals surface area contributed by atoms with Gasteiger partial charge in [0.15, 0.2) is 0 Å². The highest BCUT2D eigenvalue weighted by Crippen LogP contribution is 1.96. The number of nitrogens with one attached hydrogen (secondary N) is 1. The zero-order valence-electron chi connectivity index (χ0n) is 11.7. The molecule has 0 atom stereocenters. The van der Waals surface area contributed by atoms with Gasteiger partial charge in [-0.3, -0.25) is 4.79 Å². The van der Waals surface area contributed by atoms with Gasteiger partial charge in [-0.25, -0.2) is 4.68 Å². The Morgan fingerprint density at radius 2 is 2.22 bits per heavy atom. The molecule has 0 unspecified atom stereocenters. The SMILES string of the molecule is COCCn1nc(C)cc(CNCC(C)C)c1=O. The third-order valence-electron chi connectivity index (χ3n) is 2.55. The van der Waals surface area contributed by atoms with Crippen molar-refractivity contribution in [2.75, 3.05) is 20.3 Å². The topological polar surface area (TPSA) is 56.1 Å². The highest BCUT2D eigenvalue weighted by Gasteiger charge is 2.06. The fourth-order valence-corrected chi connectivity index (χ4v) is 1.70. The van der Waals surface area contributed by atoms with Gasteiger partial charge in [-0.05, 0) is 25.5 Å². The van der Waals surface area contributed by atoms with Gasteiger partial charge in [-0.2, -0.15) is 5.10 Å². The van der Waals surface area contributed by atoms with E-state index in [4.69, 9.17) is 4.74 Å². The maximum Gasteiger partial charge on any atom is 0.271 e. The Morgan fingerprint density at radius 1 is 1.50 bits per heavy atom. The molecule has 0 aromatic carbocycles. The lowest BCUT2D eigenvalue weighted by atomic mass is 10.2. The lowest BCUT2D eigenvalue weighted by Gasteiger charge is -2.10. The molecule has 1 heterocycles. The number of rotatable bonds is 7. The molecule has 5 heteroatoms. The summed E-state index contributed by atoms with van der Waals surface area (Å²) in [7, 11) is 1.62. The summed E-state index contributed by atoms with van der Waals surface area (Å²) in [6.07, 6.45) is 0. The van der Waals surface area contributed by atoms with Gasteiger partial charge in [0.25, 0.3) is 5.56 Å². The van der Waals surface area contributed by atoms with Gasteiger partial charge in [0.2, 0.25) is 0 Å². The second-order valence-electron chi connectivity index (χ2n) is 4.86. The quantitative estimate of drug-likeness (QED) is 0.786. The first kappa shape index (κ1) is 14.9. The number of ether oxygens (including phenoxy) is 1. The summed E-state index contributed by atoms with van der Waals surface area (Å²) in [6, 6.07) is 1.85. The number of methoxy groups -OCH3 is 1. The van der Waals surface area contributed by atoms with Crippen molar-refractivity contribution >= 4 is 0 Å². The third-order valence-corrected chi connectivity index (χ3v) is 2.55. The van der Waals surface area contributed by atoms with Gasteiger partial charge in [0.1, 0.15) is 0 Å². The van der Waals surface area contributed by atoms with E-state index < -0.39 is 0 Å². The molecule has 0 fully saturated rings. The molecule has 0 aliphatic heterocycles. The van der Waals surface area contributed by atoms with Gasteiger partial charge in [-0.1, -0.05) is 13.8 Å². The highest BCUT2D eigenvalue weighted by molar-refractivity contribution is 5.12. The van der Waals surface area contributed by atoms with Crippen molar-refractivity contribution < 1.29 is 4.74 Å². The fourth-order valence-electron chi connectivity index (χ4n) is 1.70. The minimum Gasteiger partial charge on any atom is -0.383 e. The molecular weight excluding hydrogens is 230 g/mol. The molecule has 0 saturated heterocycles. The fraction of sp³-hybridized carbons (Fsp3) is 0.692. The van der Waals surface area contributed by atoms with Crippen molar-refractivity contribution in [1.82, 2.24) is 15.1 Å². The van der Waals surface area contributed by atoms with Crippen LogP contribution in [-0.2, 0) is 17.8 Å². The minimum absolute atomic E-state index is 0.0334. The van der Waals surface area contributed by atoms with E-state index in [2.05, 4.69) is 24.3 Å². The summed E-state index contributed by atoms with van der Waals surface area (Å²) < 4.78 is 6.46. The number of nitrogens with zero attached hydrogens (tertiary/aromatic N) is 2. The molecule has 0 aliphatic rings. The number of aryl methyl sites for hydroxylation is 1. The second-order valence-corrected chi connectivity index (χ2v) is 4.86. The average molecular weight is 253 g/mol. The maximum absolute atomic E-state index is 12.1. The molecule has 0 radical (unpaired) electrons. The van der Waals surface area contributed by atoms with Crippen LogP contribution in [0.15, 0.2) is 10.9 Å². The summed E-state index contributed by atoms with van der Waals surface area (Å²) in [6.45, 7) is 8.66. The normalized spacial score (nSPS) is 11.2. The van der Waals surface area contributed by atoms with Crippen molar-refractivity contribution in [1.29, 1.82) is 0 Å². The summed E-state index contributed by atoms with van der Waals surface area (Å²) in [5, 5.41) is 7.49. The summed E-state index contributed by atoms with van der Waals surface area (Å²) >= 11 is 0. The van der Waals surface area contributed by atoms with Crippen LogP contribution in [0.5, 0.6) is 0 Å². The maximum atomic E-state index is 12.1. The van der Waals surface area contributed by atoms with E-state index in [1.165, 1.54) is 4.68 Å². The molecule has 1 aromatic heterocycles. The molecule has 18 heavy (non-hydrogen) atoms. The zero-order chi connectivity index (χ0) is 13.5. The van der Waals surface area contributed by atoms with E-state index in [1.54, 1.807) is 7.11 Å². The summed E-state index contributed by atoms with van der Waals surface area (Å²) in [5.74, 6) is 0.573. The Balaban J connectivity index is 2.77. The van der Waals surface area contributed by atoms with E-state index in [1.807, 2.05) is 13.0 Å². The van der Waals surface area contributed by atoms with Crippen molar-refractivity contribution in [3.8, 4) is 0 Å². The molecule has 0 spiro atoms. The standard InChI is InChI=1S/C13H23N3O2/c1-10(2)8-14-9-12-7-11(3)15-16(13(12)17)5-6-18-4/h7,10,14H,5-6,8-9H2,1-4H3. The first-order chi connectivity index (χ1) is 8.54. The van der Waals surface area contributed by atoms with Crippen LogP contribution in [-0.4, -0.2) is 30.0 Å². The molecule has 0 aliphatic carbocycles. The van der Waals surface area contributed by atoms with Crippen LogP contribution >= 0.6 is 0 Å². The number of aromatic nitrogens is 2. The van der Waals surface area contributed by atoms with Crippen LogP contribution in [0.25, 0.3) is 0 Å². The summed E-state index contributed by atoms with van der Waals surface area (Å²) in [4.78, 5) is 12.1. The monoisotopic (exact) mass is 253 g/mol. The molecule has 1 rings (SSSR count). The lowest BCUT2D eigenvalue weighted by molar-refractivity contribution is 0.181. The largest absolute Gasteiger partial charge is 0.383 e. The second kappa shape index (κ2) is 7.28. The molecule has 1 N–H and O–H groups in total. The molecular formula is C13H23N3O2. The van der Waals surface area contributed by atoms with E-state index in [9.17, 15) is 4.79 Å². The van der Waals surface area contributed by atoms with Crippen molar-refractivity contribution in [2.45, 2.75) is 33.9 Å². The molecule has 102 valence electrons. The third kappa shape index (κ3) is 4.58. The van der Waals surface area contributed by atoms with Crippen molar-refractivity contribution in [3.63, 3.8) is 0 Å². The Bertz CT molecular complexity index is 427. The molecule has 5 nitrogen and oxygen atoms in total. The van der Waals surface area contributed by atoms with Gasteiger partial charge in [-0.15, -0.1) is 0 Å². The van der Waals surface area contributed by atoms with Crippen LogP contribution in [0.2, 0.25) is 0 Å². The van der Waals surface area contributed by atoms with Crippen LogP contribution in [0, 0.1) is 12.8 Å². The summed E-state index contributed by atoms with van der Waals surface area (Å²) in [5.41, 5.74) is 1.58. The first-order valence-corrected chi connectivity index (χ1v) is 6.32. The van der Waals surface area contributed by atoms with Crippen molar-refractivity contribution in [2.24, 2.45) is 5.92 Å². The highest BCUT2D eigenvalue weighted by atomic mass is 16.5. The molecule has 0 bridgehead atoms. The molecule has 0 amide bonds. The van der Waals surface area contributed by atoms with Crippen LogP contribution in [0.3, 0.4) is 0 Å². The Kier molecular flexibility index (Phi) is 6.01. The predicted octanol–water partition coefficient (Wildman–Crippen LogP) is 0.944. The molecule has 1 aromatic rings. The zero-order valence-corrected chi connectivity index (χ0v) is 11.7. The lowest BCUT2D eigenvalue weighted by Crippen LogP contribution is -2.31. The van der Waals surface area contributed by atoms with Crippen LogP contribution < -0.4 is 10.9 Å². The Labute approximate surface area is 108 Å². The van der Waals surface area contributed by atoms with E-state index in [0.29, 0.717) is 25.6 Å².